The SMILES string of the molecule is CCCCCCC/C=C\C/C=C\C/C=C\CCCCCCCCCCCCCCCCC(=O)NC(CO)C(O)/C=C/CCCCCCCCCCCC. The number of aliphatic hydroxyl groups is 2. The molecule has 4 nitrogen and oxygen atoms in total. The summed E-state index contributed by atoms with van der Waals surface area (Å²) < 4.78 is 0. The van der Waals surface area contributed by atoms with E-state index in [0.717, 1.165) is 38.5 Å². The van der Waals surface area contributed by atoms with Crippen LogP contribution in [0.2, 0.25) is 0 Å². The van der Waals surface area contributed by atoms with E-state index in [0.29, 0.717) is 6.42 Å². The molecule has 0 saturated carbocycles. The molecule has 0 spiro atoms. The van der Waals surface area contributed by atoms with Gasteiger partial charge in [-0.3, -0.25) is 4.79 Å². The predicted molar refractivity (Wildman–Crippen MR) is 235 cm³/mol. The van der Waals surface area contributed by atoms with Gasteiger partial charge in [-0.15, -0.1) is 0 Å². The predicted octanol–water partition coefficient (Wildman–Crippen LogP) is 14.7. The van der Waals surface area contributed by atoms with E-state index in [-0.39, 0.29) is 12.5 Å². The molecule has 0 rings (SSSR count). The minimum absolute atomic E-state index is 0.0658. The topological polar surface area (TPSA) is 69.6 Å². The summed E-state index contributed by atoms with van der Waals surface area (Å²) in [5, 5.41) is 23.0. The number of carbonyl (C=O) groups excluding carboxylic acids is 1. The number of hydrogen-bond acceptors (Lipinski definition) is 3. The number of rotatable bonds is 42. The summed E-state index contributed by atoms with van der Waals surface area (Å²) in [6.07, 6.45) is 60.9. The first-order valence-electron chi connectivity index (χ1n) is 23.4. The van der Waals surface area contributed by atoms with Crippen molar-refractivity contribution in [3.8, 4) is 0 Å². The Bertz CT molecular complexity index is 847. The van der Waals surface area contributed by atoms with Crippen LogP contribution in [0.3, 0.4) is 0 Å². The van der Waals surface area contributed by atoms with E-state index >= 15 is 0 Å². The van der Waals surface area contributed by atoms with Crippen LogP contribution >= 0.6 is 0 Å². The number of allylic oxidation sites excluding steroid dienone is 7. The highest BCUT2D eigenvalue weighted by molar-refractivity contribution is 5.76. The van der Waals surface area contributed by atoms with Crippen LogP contribution in [0.1, 0.15) is 239 Å². The molecule has 0 fully saturated rings. The van der Waals surface area contributed by atoms with Crippen molar-refractivity contribution in [2.45, 2.75) is 251 Å². The Labute approximate surface area is 331 Å². The van der Waals surface area contributed by atoms with Gasteiger partial charge in [-0.25, -0.2) is 0 Å². The second kappa shape index (κ2) is 44.7. The van der Waals surface area contributed by atoms with Gasteiger partial charge in [-0.05, 0) is 57.8 Å². The zero-order valence-corrected chi connectivity index (χ0v) is 35.5. The van der Waals surface area contributed by atoms with Gasteiger partial charge in [0.15, 0.2) is 0 Å². The molecular formula is C49H91NO3. The third kappa shape index (κ3) is 41.4. The lowest BCUT2D eigenvalue weighted by atomic mass is 10.0. The number of amides is 1. The number of nitrogens with one attached hydrogen (secondary N) is 1. The van der Waals surface area contributed by atoms with Gasteiger partial charge in [0, 0.05) is 6.42 Å². The van der Waals surface area contributed by atoms with Gasteiger partial charge >= 0.3 is 0 Å². The summed E-state index contributed by atoms with van der Waals surface area (Å²) in [7, 11) is 0. The molecule has 0 aromatic carbocycles. The zero-order valence-electron chi connectivity index (χ0n) is 35.5. The van der Waals surface area contributed by atoms with Crippen molar-refractivity contribution >= 4 is 5.91 Å². The average molecular weight is 742 g/mol. The van der Waals surface area contributed by atoms with Gasteiger partial charge in [0.05, 0.1) is 18.8 Å². The van der Waals surface area contributed by atoms with E-state index in [9.17, 15) is 15.0 Å². The highest BCUT2D eigenvalue weighted by Crippen LogP contribution is 2.15. The molecule has 0 heterocycles. The first kappa shape index (κ1) is 51.4. The first-order valence-corrected chi connectivity index (χ1v) is 23.4. The molecule has 0 aromatic rings. The van der Waals surface area contributed by atoms with E-state index < -0.39 is 12.1 Å². The molecule has 0 radical (unpaired) electrons. The monoisotopic (exact) mass is 742 g/mol. The average Bonchev–Trinajstić information content (AvgIpc) is 3.16. The maximum Gasteiger partial charge on any atom is 0.220 e. The van der Waals surface area contributed by atoms with Gasteiger partial charge < -0.3 is 15.5 Å². The Balaban J connectivity index is 3.50. The Morgan fingerprint density at radius 3 is 1.15 bits per heavy atom. The standard InChI is InChI=1S/C49H91NO3/c1-3-5-7-9-11-13-15-17-18-19-20-21-22-23-24-25-26-27-28-29-30-31-32-33-35-37-39-41-43-45-49(53)50-47(46-51)48(52)44-42-40-38-36-34-16-14-12-10-8-6-4-2/h15,17,19-20,22-23,42,44,47-48,51-52H,3-14,16,18,21,24-41,43,45-46H2,1-2H3,(H,50,53)/b17-15-,20-19-,23-22-,44-42+. The maximum absolute atomic E-state index is 12.4. The highest BCUT2D eigenvalue weighted by atomic mass is 16.3. The lowest BCUT2D eigenvalue weighted by Crippen LogP contribution is -2.45. The Hall–Kier alpha value is -1.65. The normalized spacial score (nSPS) is 13.4. The van der Waals surface area contributed by atoms with Crippen LogP contribution in [0.15, 0.2) is 48.6 Å². The summed E-state index contributed by atoms with van der Waals surface area (Å²) >= 11 is 0. The van der Waals surface area contributed by atoms with Crippen LogP contribution in [0.4, 0.5) is 0 Å². The molecule has 0 aromatic heterocycles. The number of carbonyl (C=O) groups is 1. The largest absolute Gasteiger partial charge is 0.394 e. The van der Waals surface area contributed by atoms with Crippen molar-refractivity contribution in [3.05, 3.63) is 48.6 Å². The van der Waals surface area contributed by atoms with Crippen LogP contribution < -0.4 is 5.32 Å². The molecule has 0 aliphatic heterocycles. The molecule has 4 heteroatoms. The minimum atomic E-state index is -0.838. The lowest BCUT2D eigenvalue weighted by molar-refractivity contribution is -0.123. The van der Waals surface area contributed by atoms with Gasteiger partial charge in [0.1, 0.15) is 0 Å². The van der Waals surface area contributed by atoms with Gasteiger partial charge in [-0.1, -0.05) is 223 Å². The molecular weight excluding hydrogens is 651 g/mol. The van der Waals surface area contributed by atoms with Gasteiger partial charge in [0.25, 0.3) is 0 Å². The number of hydrogen-bond donors (Lipinski definition) is 3. The van der Waals surface area contributed by atoms with E-state index in [1.165, 1.54) is 180 Å². The fourth-order valence-corrected chi connectivity index (χ4v) is 6.95. The van der Waals surface area contributed by atoms with Crippen molar-refractivity contribution in [3.63, 3.8) is 0 Å². The number of unbranched alkanes of at least 4 members (excludes halogenated alkanes) is 29. The molecule has 310 valence electrons. The second-order valence-electron chi connectivity index (χ2n) is 15.8. The molecule has 0 bridgehead atoms. The molecule has 3 N–H and O–H groups in total. The molecule has 0 saturated heterocycles. The van der Waals surface area contributed by atoms with E-state index in [1.807, 2.05) is 6.08 Å². The summed E-state index contributed by atoms with van der Waals surface area (Å²) in [5.41, 5.74) is 0. The lowest BCUT2D eigenvalue weighted by Gasteiger charge is -2.20. The fraction of sp³-hybridized carbons (Fsp3) is 0.816. The van der Waals surface area contributed by atoms with Crippen molar-refractivity contribution in [1.29, 1.82) is 0 Å². The Morgan fingerprint density at radius 2 is 0.774 bits per heavy atom. The zero-order chi connectivity index (χ0) is 38.6. The van der Waals surface area contributed by atoms with Crippen molar-refractivity contribution in [1.82, 2.24) is 5.32 Å². The molecule has 2 unspecified atom stereocenters. The van der Waals surface area contributed by atoms with Crippen LogP contribution in [0.25, 0.3) is 0 Å². The van der Waals surface area contributed by atoms with E-state index in [2.05, 4.69) is 55.6 Å². The first-order chi connectivity index (χ1) is 26.2. The van der Waals surface area contributed by atoms with Crippen molar-refractivity contribution in [2.75, 3.05) is 6.61 Å². The van der Waals surface area contributed by atoms with Crippen molar-refractivity contribution < 1.29 is 15.0 Å². The molecule has 0 aliphatic rings. The smallest absolute Gasteiger partial charge is 0.220 e. The summed E-state index contributed by atoms with van der Waals surface area (Å²) in [5.74, 6) is -0.0658. The Morgan fingerprint density at radius 1 is 0.453 bits per heavy atom. The molecule has 53 heavy (non-hydrogen) atoms. The van der Waals surface area contributed by atoms with E-state index in [1.54, 1.807) is 6.08 Å². The molecule has 1 amide bonds. The van der Waals surface area contributed by atoms with E-state index in [4.69, 9.17) is 0 Å². The fourth-order valence-electron chi connectivity index (χ4n) is 6.95. The quantitative estimate of drug-likeness (QED) is 0.0431. The van der Waals surface area contributed by atoms with Gasteiger partial charge in [0.2, 0.25) is 5.91 Å². The number of aliphatic hydroxyl groups excluding tert-OH is 2. The summed E-state index contributed by atoms with van der Waals surface area (Å²) in [6.45, 7) is 4.29. The second-order valence-corrected chi connectivity index (χ2v) is 15.8. The third-order valence-electron chi connectivity index (χ3n) is 10.6. The van der Waals surface area contributed by atoms with Crippen LogP contribution in [0.5, 0.6) is 0 Å². The highest BCUT2D eigenvalue weighted by Gasteiger charge is 2.17. The van der Waals surface area contributed by atoms with Crippen molar-refractivity contribution in [2.24, 2.45) is 0 Å². The van der Waals surface area contributed by atoms with Crippen LogP contribution in [0, 0.1) is 0 Å². The Kier molecular flexibility index (Phi) is 43.4. The van der Waals surface area contributed by atoms with Crippen LogP contribution in [-0.2, 0) is 4.79 Å². The summed E-state index contributed by atoms with van der Waals surface area (Å²) in [4.78, 5) is 12.4. The summed E-state index contributed by atoms with van der Waals surface area (Å²) in [6, 6.07) is -0.621. The minimum Gasteiger partial charge on any atom is -0.394 e. The maximum atomic E-state index is 12.4. The molecule has 2 atom stereocenters. The molecule has 0 aliphatic carbocycles. The van der Waals surface area contributed by atoms with Crippen LogP contribution in [-0.4, -0.2) is 34.9 Å². The van der Waals surface area contributed by atoms with Gasteiger partial charge in [-0.2, -0.15) is 0 Å². The third-order valence-corrected chi connectivity index (χ3v) is 10.6.